The van der Waals surface area contributed by atoms with Gasteiger partial charge < -0.3 is 0 Å². The average Bonchev–Trinajstić information content (AvgIpc) is 2.41. The first-order valence-electron chi connectivity index (χ1n) is 7.80. The number of alkyl halides is 1. The minimum absolute atomic E-state index is 0.194. The standard InChI is InChI=1S/C16H29BrO2/c1-2-3-4-5-6-7-8-9-11-15(18)12-10-13-16(19)14-17/h2-14H2,1H3. The first-order valence-corrected chi connectivity index (χ1v) is 8.92. The molecule has 0 saturated heterocycles. The molecule has 0 fully saturated rings. The second-order valence-corrected chi connectivity index (χ2v) is 5.85. The molecule has 0 aromatic heterocycles. The Morgan fingerprint density at radius 3 is 1.74 bits per heavy atom. The van der Waals surface area contributed by atoms with Crippen LogP contribution in [0.4, 0.5) is 0 Å². The molecular formula is C16H29BrO2. The zero-order chi connectivity index (χ0) is 14.3. The van der Waals surface area contributed by atoms with Crippen molar-refractivity contribution in [2.24, 2.45) is 0 Å². The highest BCUT2D eigenvalue weighted by Crippen LogP contribution is 2.11. The minimum Gasteiger partial charge on any atom is -0.300 e. The lowest BCUT2D eigenvalue weighted by atomic mass is 10.0. The molecule has 3 heteroatoms. The van der Waals surface area contributed by atoms with Gasteiger partial charge in [-0.3, -0.25) is 9.59 Å². The quantitative estimate of drug-likeness (QED) is 0.322. The largest absolute Gasteiger partial charge is 0.300 e. The summed E-state index contributed by atoms with van der Waals surface area (Å²) in [7, 11) is 0. The summed E-state index contributed by atoms with van der Waals surface area (Å²) >= 11 is 3.13. The molecular weight excluding hydrogens is 304 g/mol. The SMILES string of the molecule is CCCCCCCCCCC(=O)CCCC(=O)CBr. The van der Waals surface area contributed by atoms with Gasteiger partial charge in [-0.25, -0.2) is 0 Å². The molecule has 0 rings (SSSR count). The first-order chi connectivity index (χ1) is 9.20. The average molecular weight is 333 g/mol. The van der Waals surface area contributed by atoms with Crippen LogP contribution in [0.5, 0.6) is 0 Å². The van der Waals surface area contributed by atoms with Crippen LogP contribution in [-0.4, -0.2) is 16.9 Å². The Morgan fingerprint density at radius 1 is 0.684 bits per heavy atom. The van der Waals surface area contributed by atoms with Gasteiger partial charge in [0.15, 0.2) is 0 Å². The van der Waals surface area contributed by atoms with E-state index in [1.165, 1.54) is 44.9 Å². The highest BCUT2D eigenvalue weighted by atomic mass is 79.9. The molecule has 0 aromatic carbocycles. The number of rotatable bonds is 14. The van der Waals surface area contributed by atoms with Gasteiger partial charge in [0, 0.05) is 19.3 Å². The van der Waals surface area contributed by atoms with Crippen molar-refractivity contribution in [2.45, 2.75) is 84.0 Å². The normalized spacial score (nSPS) is 10.6. The van der Waals surface area contributed by atoms with Crippen LogP contribution in [0, 0.1) is 0 Å². The molecule has 0 N–H and O–H groups in total. The Bertz CT molecular complexity index is 239. The van der Waals surface area contributed by atoms with Gasteiger partial charge in [0.05, 0.1) is 5.33 Å². The van der Waals surface area contributed by atoms with E-state index >= 15 is 0 Å². The lowest BCUT2D eigenvalue weighted by molar-refractivity contribution is -0.119. The number of halogens is 1. The van der Waals surface area contributed by atoms with E-state index in [2.05, 4.69) is 22.9 Å². The second-order valence-electron chi connectivity index (χ2n) is 5.29. The molecule has 0 radical (unpaired) electrons. The Labute approximate surface area is 126 Å². The van der Waals surface area contributed by atoms with E-state index in [1.807, 2.05) is 0 Å². The summed E-state index contributed by atoms with van der Waals surface area (Å²) in [6.45, 7) is 2.23. The molecule has 2 nitrogen and oxygen atoms in total. The van der Waals surface area contributed by atoms with E-state index < -0.39 is 0 Å². The second kappa shape index (κ2) is 14.2. The highest BCUT2D eigenvalue weighted by Gasteiger charge is 2.04. The van der Waals surface area contributed by atoms with Crippen LogP contribution in [0.2, 0.25) is 0 Å². The maximum Gasteiger partial charge on any atom is 0.143 e. The molecule has 19 heavy (non-hydrogen) atoms. The van der Waals surface area contributed by atoms with E-state index in [0.29, 0.717) is 30.4 Å². The molecule has 0 aliphatic carbocycles. The van der Waals surface area contributed by atoms with E-state index in [-0.39, 0.29) is 5.78 Å². The fraction of sp³-hybridized carbons (Fsp3) is 0.875. The molecule has 0 heterocycles. The summed E-state index contributed by atoms with van der Waals surface area (Å²) in [5.41, 5.74) is 0. The smallest absolute Gasteiger partial charge is 0.143 e. The molecule has 0 aliphatic rings. The third-order valence-electron chi connectivity index (χ3n) is 3.37. The van der Waals surface area contributed by atoms with E-state index in [0.717, 1.165) is 12.8 Å². The molecule has 0 aliphatic heterocycles. The number of carbonyl (C=O) groups is 2. The third kappa shape index (κ3) is 14.0. The van der Waals surface area contributed by atoms with Crippen LogP contribution in [0.25, 0.3) is 0 Å². The van der Waals surface area contributed by atoms with Gasteiger partial charge in [-0.05, 0) is 12.8 Å². The molecule has 0 atom stereocenters. The van der Waals surface area contributed by atoms with Crippen LogP contribution < -0.4 is 0 Å². The summed E-state index contributed by atoms with van der Waals surface area (Å²) in [4.78, 5) is 22.6. The topological polar surface area (TPSA) is 34.1 Å². The molecule has 0 saturated carbocycles. The maximum absolute atomic E-state index is 11.6. The van der Waals surface area contributed by atoms with Crippen molar-refractivity contribution in [3.63, 3.8) is 0 Å². The van der Waals surface area contributed by atoms with Crippen molar-refractivity contribution >= 4 is 27.5 Å². The summed E-state index contributed by atoms with van der Waals surface area (Å²) < 4.78 is 0. The molecule has 0 unspecified atom stereocenters. The van der Waals surface area contributed by atoms with Crippen LogP contribution in [0.1, 0.15) is 84.0 Å². The predicted molar refractivity (Wildman–Crippen MR) is 84.9 cm³/mol. The Morgan fingerprint density at radius 2 is 1.16 bits per heavy atom. The van der Waals surface area contributed by atoms with Gasteiger partial charge in [-0.15, -0.1) is 0 Å². The van der Waals surface area contributed by atoms with Crippen LogP contribution in [-0.2, 0) is 9.59 Å². The van der Waals surface area contributed by atoms with Gasteiger partial charge in [0.25, 0.3) is 0 Å². The van der Waals surface area contributed by atoms with Gasteiger partial charge in [0.1, 0.15) is 11.6 Å². The van der Waals surface area contributed by atoms with Crippen molar-refractivity contribution in [1.29, 1.82) is 0 Å². The summed E-state index contributed by atoms with van der Waals surface area (Å²) in [5, 5.41) is 0.416. The molecule has 0 spiro atoms. The van der Waals surface area contributed by atoms with Crippen LogP contribution in [0.15, 0.2) is 0 Å². The molecule has 112 valence electrons. The third-order valence-corrected chi connectivity index (χ3v) is 3.99. The summed E-state index contributed by atoms with van der Waals surface area (Å²) in [6.07, 6.45) is 12.7. The number of unbranched alkanes of at least 4 members (excludes halogenated alkanes) is 7. The number of Topliss-reactive ketones (excluding diaryl/α,β-unsaturated/α-hetero) is 2. The molecule has 0 bridgehead atoms. The van der Waals surface area contributed by atoms with Crippen molar-refractivity contribution in [1.82, 2.24) is 0 Å². The Hall–Kier alpha value is -0.180. The van der Waals surface area contributed by atoms with E-state index in [1.54, 1.807) is 0 Å². The highest BCUT2D eigenvalue weighted by molar-refractivity contribution is 9.09. The van der Waals surface area contributed by atoms with Gasteiger partial charge in [0.2, 0.25) is 0 Å². The van der Waals surface area contributed by atoms with Gasteiger partial charge in [-0.1, -0.05) is 67.8 Å². The monoisotopic (exact) mass is 332 g/mol. The zero-order valence-corrected chi connectivity index (χ0v) is 14.0. The maximum atomic E-state index is 11.6. The fourth-order valence-electron chi connectivity index (χ4n) is 2.13. The van der Waals surface area contributed by atoms with Crippen LogP contribution >= 0.6 is 15.9 Å². The first kappa shape index (κ1) is 18.8. The lowest BCUT2D eigenvalue weighted by Gasteiger charge is -2.02. The number of hydrogen-bond acceptors (Lipinski definition) is 2. The van der Waals surface area contributed by atoms with E-state index in [4.69, 9.17) is 0 Å². The minimum atomic E-state index is 0.194. The number of hydrogen-bond donors (Lipinski definition) is 0. The Balaban J connectivity index is 3.22. The van der Waals surface area contributed by atoms with Crippen molar-refractivity contribution < 1.29 is 9.59 Å². The molecule has 0 amide bonds. The van der Waals surface area contributed by atoms with Crippen molar-refractivity contribution in [2.75, 3.05) is 5.33 Å². The number of carbonyl (C=O) groups excluding carboxylic acids is 2. The van der Waals surface area contributed by atoms with E-state index in [9.17, 15) is 9.59 Å². The lowest BCUT2D eigenvalue weighted by Crippen LogP contribution is -2.02. The van der Waals surface area contributed by atoms with Gasteiger partial charge >= 0.3 is 0 Å². The predicted octanol–water partition coefficient (Wildman–Crippen LogP) is 5.22. The summed E-state index contributed by atoms with van der Waals surface area (Å²) in [5.74, 6) is 0.522. The number of ketones is 2. The van der Waals surface area contributed by atoms with Crippen molar-refractivity contribution in [3.8, 4) is 0 Å². The fourth-order valence-corrected chi connectivity index (χ4v) is 2.41. The van der Waals surface area contributed by atoms with Gasteiger partial charge in [-0.2, -0.15) is 0 Å². The zero-order valence-electron chi connectivity index (χ0n) is 12.4. The molecule has 0 aromatic rings. The summed E-state index contributed by atoms with van der Waals surface area (Å²) in [6, 6.07) is 0. The Kier molecular flexibility index (Phi) is 14.1. The van der Waals surface area contributed by atoms with Crippen molar-refractivity contribution in [3.05, 3.63) is 0 Å². The van der Waals surface area contributed by atoms with Crippen LogP contribution in [0.3, 0.4) is 0 Å².